The van der Waals surface area contributed by atoms with Crippen molar-refractivity contribution in [3.63, 3.8) is 0 Å². The third-order valence-corrected chi connectivity index (χ3v) is 8.62. The number of carbonyl (C=O) groups excluding carboxylic acids is 2. The molecule has 7 nitrogen and oxygen atoms in total. The van der Waals surface area contributed by atoms with E-state index in [1.54, 1.807) is 49.4 Å². The molecule has 0 fully saturated rings. The molecule has 39 heavy (non-hydrogen) atoms. The van der Waals surface area contributed by atoms with Gasteiger partial charge in [0.05, 0.1) is 10.6 Å². The Labute approximate surface area is 236 Å². The van der Waals surface area contributed by atoms with Crippen molar-refractivity contribution < 1.29 is 18.0 Å². The number of anilines is 1. The zero-order chi connectivity index (χ0) is 28.6. The molecule has 0 saturated heterocycles. The van der Waals surface area contributed by atoms with E-state index in [1.807, 2.05) is 39.0 Å². The Morgan fingerprint density at radius 3 is 2.26 bits per heavy atom. The molecule has 0 unspecified atom stereocenters. The molecule has 0 aliphatic carbocycles. The molecule has 0 radical (unpaired) electrons. The molecule has 3 rings (SSSR count). The number of sulfonamides is 1. The predicted molar refractivity (Wildman–Crippen MR) is 156 cm³/mol. The summed E-state index contributed by atoms with van der Waals surface area (Å²) in [7, 11) is -4.11. The highest BCUT2D eigenvalue weighted by atomic mass is 35.5. The number of rotatable bonds is 12. The van der Waals surface area contributed by atoms with Crippen LogP contribution >= 0.6 is 11.6 Å². The highest BCUT2D eigenvalue weighted by Crippen LogP contribution is 2.29. The van der Waals surface area contributed by atoms with Gasteiger partial charge >= 0.3 is 0 Å². The van der Waals surface area contributed by atoms with Gasteiger partial charge in [0.2, 0.25) is 11.8 Å². The van der Waals surface area contributed by atoms with Gasteiger partial charge in [-0.1, -0.05) is 74.0 Å². The number of nitrogens with zero attached hydrogens (tertiary/aromatic N) is 2. The van der Waals surface area contributed by atoms with E-state index in [4.69, 9.17) is 11.6 Å². The van der Waals surface area contributed by atoms with Crippen LogP contribution in [0, 0.1) is 13.8 Å². The van der Waals surface area contributed by atoms with Gasteiger partial charge in [0.25, 0.3) is 10.0 Å². The first-order chi connectivity index (χ1) is 18.6. The lowest BCUT2D eigenvalue weighted by Crippen LogP contribution is -2.52. The van der Waals surface area contributed by atoms with Crippen LogP contribution in [0.2, 0.25) is 5.02 Å². The van der Waals surface area contributed by atoms with Gasteiger partial charge in [-0.2, -0.15) is 0 Å². The summed E-state index contributed by atoms with van der Waals surface area (Å²) in [5.74, 6) is -0.794. The first kappa shape index (κ1) is 30.2. The summed E-state index contributed by atoms with van der Waals surface area (Å²) in [4.78, 5) is 28.8. The third kappa shape index (κ3) is 7.40. The molecule has 0 heterocycles. The fraction of sp³-hybridized carbons (Fsp3) is 0.333. The Morgan fingerprint density at radius 1 is 0.949 bits per heavy atom. The van der Waals surface area contributed by atoms with Gasteiger partial charge in [-0.3, -0.25) is 13.9 Å². The number of carbonyl (C=O) groups is 2. The second-order valence-corrected chi connectivity index (χ2v) is 11.7. The Morgan fingerprint density at radius 2 is 1.62 bits per heavy atom. The highest BCUT2D eigenvalue weighted by Gasteiger charge is 2.34. The van der Waals surface area contributed by atoms with Crippen molar-refractivity contribution in [2.45, 2.75) is 58.0 Å². The van der Waals surface area contributed by atoms with E-state index in [0.717, 1.165) is 16.3 Å². The lowest BCUT2D eigenvalue weighted by molar-refractivity contribution is -0.140. The van der Waals surface area contributed by atoms with Crippen molar-refractivity contribution in [2.75, 3.05) is 17.4 Å². The SMILES string of the molecule is CCCNC(=O)[C@H](CC)N(Cc1ccccc1Cl)C(=O)CN(c1cc(C)ccc1C)S(=O)(=O)c1ccccc1. The standard InChI is InChI=1S/C30H36ClN3O4S/c1-5-18-32-30(36)27(6-2)33(20-24-12-10-11-15-26(24)31)29(35)21-34(28-19-22(3)16-17-23(28)4)39(37,38)25-13-8-7-9-14-25/h7-17,19,27H,5-6,18,20-21H2,1-4H3,(H,32,36)/t27-/m0/s1. The summed E-state index contributed by atoms with van der Waals surface area (Å²) in [5.41, 5.74) is 2.64. The molecular formula is C30H36ClN3O4S. The van der Waals surface area contributed by atoms with Crippen molar-refractivity contribution in [1.82, 2.24) is 10.2 Å². The predicted octanol–water partition coefficient (Wildman–Crippen LogP) is 5.49. The van der Waals surface area contributed by atoms with Crippen LogP contribution in [-0.4, -0.2) is 44.3 Å². The maximum absolute atomic E-state index is 14.1. The van der Waals surface area contributed by atoms with Crippen molar-refractivity contribution in [1.29, 1.82) is 0 Å². The Hall–Kier alpha value is -3.36. The van der Waals surface area contributed by atoms with Gasteiger partial charge in [-0.15, -0.1) is 0 Å². The fourth-order valence-corrected chi connectivity index (χ4v) is 6.00. The van der Waals surface area contributed by atoms with Gasteiger partial charge in [0.15, 0.2) is 0 Å². The Balaban J connectivity index is 2.09. The summed E-state index contributed by atoms with van der Waals surface area (Å²) >= 11 is 6.43. The molecule has 0 aromatic heterocycles. The van der Waals surface area contributed by atoms with Crippen molar-refractivity contribution in [3.05, 3.63) is 94.5 Å². The smallest absolute Gasteiger partial charge is 0.264 e. The molecule has 0 bridgehead atoms. The van der Waals surface area contributed by atoms with Crippen LogP contribution in [0.3, 0.4) is 0 Å². The second-order valence-electron chi connectivity index (χ2n) is 9.44. The number of amides is 2. The van der Waals surface area contributed by atoms with Crippen molar-refractivity contribution >= 4 is 39.1 Å². The summed E-state index contributed by atoms with van der Waals surface area (Å²) < 4.78 is 29.0. The molecule has 1 atom stereocenters. The van der Waals surface area contributed by atoms with Gasteiger partial charge in [0.1, 0.15) is 12.6 Å². The average Bonchev–Trinajstić information content (AvgIpc) is 2.93. The highest BCUT2D eigenvalue weighted by molar-refractivity contribution is 7.92. The zero-order valence-corrected chi connectivity index (χ0v) is 24.4. The fourth-order valence-electron chi connectivity index (χ4n) is 4.32. The monoisotopic (exact) mass is 569 g/mol. The number of hydrogen-bond donors (Lipinski definition) is 1. The minimum Gasteiger partial charge on any atom is -0.354 e. The van der Waals surface area contributed by atoms with Gasteiger partial charge in [-0.25, -0.2) is 8.42 Å². The number of nitrogens with one attached hydrogen (secondary N) is 1. The zero-order valence-electron chi connectivity index (χ0n) is 22.9. The van der Waals surface area contributed by atoms with E-state index in [9.17, 15) is 18.0 Å². The number of halogens is 1. The van der Waals surface area contributed by atoms with Gasteiger partial charge in [0, 0.05) is 18.1 Å². The van der Waals surface area contributed by atoms with Gasteiger partial charge in [-0.05, 0) is 67.6 Å². The molecule has 208 valence electrons. The number of hydrogen-bond acceptors (Lipinski definition) is 4. The lowest BCUT2D eigenvalue weighted by atomic mass is 10.1. The van der Waals surface area contributed by atoms with E-state index in [0.29, 0.717) is 34.8 Å². The molecule has 0 saturated carbocycles. The minimum absolute atomic E-state index is 0.0581. The van der Waals surface area contributed by atoms with Crippen LogP contribution in [0.4, 0.5) is 5.69 Å². The van der Waals surface area contributed by atoms with E-state index >= 15 is 0 Å². The maximum Gasteiger partial charge on any atom is 0.264 e. The summed E-state index contributed by atoms with van der Waals surface area (Å²) in [5, 5.41) is 3.34. The quantitative estimate of drug-likeness (QED) is 0.313. The Bertz CT molecular complexity index is 1400. The van der Waals surface area contributed by atoms with Crippen LogP contribution in [-0.2, 0) is 26.2 Å². The summed E-state index contributed by atoms with van der Waals surface area (Å²) in [6, 6.07) is 19.8. The Kier molecular flexibility index (Phi) is 10.5. The molecule has 3 aromatic carbocycles. The minimum atomic E-state index is -4.11. The van der Waals surface area contributed by atoms with E-state index in [2.05, 4.69) is 5.32 Å². The van der Waals surface area contributed by atoms with Crippen molar-refractivity contribution in [2.24, 2.45) is 0 Å². The maximum atomic E-state index is 14.1. The molecular weight excluding hydrogens is 534 g/mol. The van der Waals surface area contributed by atoms with Crippen LogP contribution in [0.15, 0.2) is 77.7 Å². The largest absolute Gasteiger partial charge is 0.354 e. The molecule has 9 heteroatoms. The summed E-state index contributed by atoms with van der Waals surface area (Å²) in [6.07, 6.45) is 1.09. The number of aryl methyl sites for hydroxylation is 2. The topological polar surface area (TPSA) is 86.8 Å². The third-order valence-electron chi connectivity index (χ3n) is 6.48. The van der Waals surface area contributed by atoms with Crippen LogP contribution in [0.1, 0.15) is 43.4 Å². The molecule has 0 aliphatic heterocycles. The summed E-state index contributed by atoms with van der Waals surface area (Å²) in [6.45, 7) is 7.50. The molecule has 0 aliphatic rings. The van der Waals surface area contributed by atoms with Crippen LogP contribution in [0.5, 0.6) is 0 Å². The normalized spacial score (nSPS) is 12.0. The van der Waals surface area contributed by atoms with E-state index < -0.39 is 28.5 Å². The average molecular weight is 570 g/mol. The molecule has 0 spiro atoms. The molecule has 1 N–H and O–H groups in total. The second kappa shape index (κ2) is 13.6. The van der Waals surface area contributed by atoms with E-state index in [1.165, 1.54) is 17.0 Å². The first-order valence-corrected chi connectivity index (χ1v) is 14.9. The number of benzene rings is 3. The van der Waals surface area contributed by atoms with Crippen LogP contribution in [0.25, 0.3) is 0 Å². The van der Waals surface area contributed by atoms with Gasteiger partial charge < -0.3 is 10.2 Å². The first-order valence-electron chi connectivity index (χ1n) is 13.1. The van der Waals surface area contributed by atoms with E-state index in [-0.39, 0.29) is 17.3 Å². The van der Waals surface area contributed by atoms with Crippen molar-refractivity contribution in [3.8, 4) is 0 Å². The lowest BCUT2D eigenvalue weighted by Gasteiger charge is -2.33. The van der Waals surface area contributed by atoms with Crippen LogP contribution < -0.4 is 9.62 Å². The molecule has 3 aromatic rings. The molecule has 2 amide bonds.